The van der Waals surface area contributed by atoms with Crippen molar-refractivity contribution in [2.45, 2.75) is 0 Å². The number of rotatable bonds is 0. The molecular formula is C6H9N2O+. The fraction of sp³-hybridized carbons (Fsp3) is 0.500. The van der Waals surface area contributed by atoms with Crippen molar-refractivity contribution < 1.29 is 9.28 Å². The number of hydrogen-bond donors (Lipinski definition) is 1. The van der Waals surface area contributed by atoms with E-state index in [1.54, 1.807) is 7.05 Å². The van der Waals surface area contributed by atoms with E-state index in [1.165, 1.54) is 0 Å². The van der Waals surface area contributed by atoms with Gasteiger partial charge in [-0.3, -0.25) is 5.32 Å². The van der Waals surface area contributed by atoms with Gasteiger partial charge in [-0.2, -0.15) is 4.48 Å². The Bertz CT molecular complexity index is 182. The van der Waals surface area contributed by atoms with Crippen LogP contribution in [-0.2, 0) is 0 Å². The molecule has 0 aromatic rings. The Balaban J connectivity index is 2.82. The first-order chi connectivity index (χ1) is 4.19. The van der Waals surface area contributed by atoms with Crippen molar-refractivity contribution in [3.63, 3.8) is 0 Å². The molecule has 3 heteroatoms. The Morgan fingerprint density at radius 3 is 2.78 bits per heavy atom. The molecule has 2 amide bonds. The number of hydrogen-bond acceptors (Lipinski definition) is 1. The van der Waals surface area contributed by atoms with Gasteiger partial charge in [-0.05, 0) is 0 Å². The molecular weight excluding hydrogens is 116 g/mol. The summed E-state index contributed by atoms with van der Waals surface area (Å²) in [5.74, 6) is 0. The van der Waals surface area contributed by atoms with Crippen molar-refractivity contribution in [3.8, 4) is 12.5 Å². The van der Waals surface area contributed by atoms with E-state index < -0.39 is 0 Å². The van der Waals surface area contributed by atoms with Gasteiger partial charge in [0.1, 0.15) is 12.6 Å². The first-order valence-electron chi connectivity index (χ1n) is 2.81. The van der Waals surface area contributed by atoms with Crippen LogP contribution >= 0.6 is 0 Å². The number of carbonyl (C=O) groups excluding carboxylic acids is 1. The van der Waals surface area contributed by atoms with Crippen molar-refractivity contribution in [2.75, 3.05) is 20.1 Å². The SMILES string of the molecule is C#C[N+]1(C)CCNC1=O. The van der Waals surface area contributed by atoms with Crippen LogP contribution in [0.2, 0.25) is 0 Å². The Morgan fingerprint density at radius 2 is 2.56 bits per heavy atom. The highest BCUT2D eigenvalue weighted by Crippen LogP contribution is 2.04. The Labute approximate surface area is 54.2 Å². The summed E-state index contributed by atoms with van der Waals surface area (Å²) in [5.41, 5.74) is 0. The van der Waals surface area contributed by atoms with Crippen LogP contribution in [0.4, 0.5) is 4.79 Å². The minimum atomic E-state index is -0.0718. The highest BCUT2D eigenvalue weighted by molar-refractivity contribution is 5.69. The molecule has 1 rings (SSSR count). The van der Waals surface area contributed by atoms with Crippen molar-refractivity contribution in [2.24, 2.45) is 0 Å². The molecule has 1 atom stereocenters. The Hall–Kier alpha value is -1.01. The monoisotopic (exact) mass is 125 g/mol. The van der Waals surface area contributed by atoms with Crippen molar-refractivity contribution >= 4 is 6.03 Å². The molecule has 48 valence electrons. The third-order valence-electron chi connectivity index (χ3n) is 1.57. The lowest BCUT2D eigenvalue weighted by molar-refractivity contribution is -0.747. The number of nitrogens with zero attached hydrogens (tertiary/aromatic N) is 1. The lowest BCUT2D eigenvalue weighted by Crippen LogP contribution is -2.41. The van der Waals surface area contributed by atoms with Crippen LogP contribution in [0, 0.1) is 12.5 Å². The lowest BCUT2D eigenvalue weighted by atomic mass is 10.5. The molecule has 1 fully saturated rings. The van der Waals surface area contributed by atoms with Gasteiger partial charge in [0.05, 0.1) is 13.6 Å². The molecule has 0 aromatic heterocycles. The predicted octanol–water partition coefficient (Wildman–Crippen LogP) is -0.253. The predicted molar refractivity (Wildman–Crippen MR) is 33.3 cm³/mol. The second kappa shape index (κ2) is 1.74. The summed E-state index contributed by atoms with van der Waals surface area (Å²) in [4.78, 5) is 10.8. The van der Waals surface area contributed by atoms with Gasteiger partial charge >= 0.3 is 6.03 Å². The van der Waals surface area contributed by atoms with Crippen LogP contribution in [-0.4, -0.2) is 30.7 Å². The minimum Gasteiger partial charge on any atom is -0.299 e. The van der Waals surface area contributed by atoms with E-state index in [0.717, 1.165) is 0 Å². The first kappa shape index (κ1) is 6.12. The average molecular weight is 125 g/mol. The van der Waals surface area contributed by atoms with Gasteiger partial charge in [-0.15, -0.1) is 0 Å². The third-order valence-corrected chi connectivity index (χ3v) is 1.57. The van der Waals surface area contributed by atoms with Gasteiger partial charge in [-0.25, -0.2) is 4.79 Å². The van der Waals surface area contributed by atoms with Crippen molar-refractivity contribution in [1.82, 2.24) is 5.32 Å². The maximum atomic E-state index is 10.8. The summed E-state index contributed by atoms with van der Waals surface area (Å²) in [6.45, 7) is 1.40. The molecule has 1 heterocycles. The summed E-state index contributed by atoms with van der Waals surface area (Å²) in [6.07, 6.45) is 5.12. The molecule has 0 radical (unpaired) electrons. The van der Waals surface area contributed by atoms with Gasteiger partial charge in [0.25, 0.3) is 0 Å². The standard InChI is InChI=1S/C6H8N2O/c1-3-8(2)5-4-7-6(8)9/h1H,4-5H2,2H3/p+1. The molecule has 0 spiro atoms. The van der Waals surface area contributed by atoms with Crippen LogP contribution in [0.1, 0.15) is 0 Å². The average Bonchev–Trinajstić information content (AvgIpc) is 2.15. The highest BCUT2D eigenvalue weighted by Gasteiger charge is 2.35. The zero-order valence-corrected chi connectivity index (χ0v) is 5.35. The lowest BCUT2D eigenvalue weighted by Gasteiger charge is -2.13. The van der Waals surface area contributed by atoms with E-state index in [4.69, 9.17) is 6.42 Å². The van der Waals surface area contributed by atoms with Gasteiger partial charge in [0.15, 0.2) is 0 Å². The maximum absolute atomic E-state index is 10.8. The molecule has 1 aliphatic rings. The minimum absolute atomic E-state index is 0.0718. The maximum Gasteiger partial charge on any atom is 0.429 e. The van der Waals surface area contributed by atoms with Crippen LogP contribution in [0.5, 0.6) is 0 Å². The number of quaternary nitrogens is 1. The number of amides is 2. The number of terminal acetylenes is 1. The quantitative estimate of drug-likeness (QED) is 0.351. The van der Waals surface area contributed by atoms with Crippen LogP contribution < -0.4 is 5.32 Å². The summed E-state index contributed by atoms with van der Waals surface area (Å²) >= 11 is 0. The van der Waals surface area contributed by atoms with E-state index in [0.29, 0.717) is 13.1 Å². The van der Waals surface area contributed by atoms with Gasteiger partial charge in [0, 0.05) is 0 Å². The number of urea groups is 1. The summed E-state index contributed by atoms with van der Waals surface area (Å²) in [5, 5.41) is 2.65. The van der Waals surface area contributed by atoms with E-state index in [2.05, 4.69) is 11.4 Å². The number of likely N-dealkylation sites (N-methyl/N-ethyl adjacent to an activating group) is 1. The zero-order valence-electron chi connectivity index (χ0n) is 5.35. The van der Waals surface area contributed by atoms with Crippen LogP contribution in [0.15, 0.2) is 0 Å². The number of nitrogens with one attached hydrogen (secondary N) is 1. The van der Waals surface area contributed by atoms with E-state index in [-0.39, 0.29) is 10.5 Å². The molecule has 0 aliphatic carbocycles. The second-order valence-electron chi connectivity index (χ2n) is 2.28. The summed E-state index contributed by atoms with van der Waals surface area (Å²) in [6, 6.07) is 2.34. The number of carbonyl (C=O) groups is 1. The fourth-order valence-corrected chi connectivity index (χ4v) is 0.786. The summed E-state index contributed by atoms with van der Waals surface area (Å²) in [7, 11) is 1.72. The molecule has 3 nitrogen and oxygen atoms in total. The molecule has 0 bridgehead atoms. The molecule has 0 aromatic carbocycles. The van der Waals surface area contributed by atoms with Gasteiger partial charge < -0.3 is 0 Å². The van der Waals surface area contributed by atoms with Crippen molar-refractivity contribution in [3.05, 3.63) is 0 Å². The molecule has 0 saturated carbocycles. The normalized spacial score (nSPS) is 33.6. The third kappa shape index (κ3) is 0.775. The topological polar surface area (TPSA) is 29.1 Å². The fourth-order valence-electron chi connectivity index (χ4n) is 0.786. The highest BCUT2D eigenvalue weighted by atomic mass is 16.2. The summed E-state index contributed by atoms with van der Waals surface area (Å²) < 4.78 is 0.0833. The van der Waals surface area contributed by atoms with E-state index in [1.807, 2.05) is 0 Å². The van der Waals surface area contributed by atoms with Gasteiger partial charge in [-0.1, -0.05) is 6.42 Å². The molecule has 1 unspecified atom stereocenters. The van der Waals surface area contributed by atoms with Gasteiger partial charge in [0.2, 0.25) is 0 Å². The largest absolute Gasteiger partial charge is 0.429 e. The Kier molecular flexibility index (Phi) is 1.19. The van der Waals surface area contributed by atoms with Crippen LogP contribution in [0.3, 0.4) is 0 Å². The van der Waals surface area contributed by atoms with Crippen molar-refractivity contribution in [1.29, 1.82) is 0 Å². The first-order valence-corrected chi connectivity index (χ1v) is 2.81. The van der Waals surface area contributed by atoms with E-state index >= 15 is 0 Å². The molecule has 1 N–H and O–H groups in total. The Morgan fingerprint density at radius 1 is 1.89 bits per heavy atom. The van der Waals surface area contributed by atoms with Crippen LogP contribution in [0.25, 0.3) is 0 Å². The van der Waals surface area contributed by atoms with E-state index in [9.17, 15) is 4.79 Å². The molecule has 1 saturated heterocycles. The second-order valence-corrected chi connectivity index (χ2v) is 2.28. The smallest absolute Gasteiger partial charge is 0.299 e. The molecule has 1 aliphatic heterocycles. The zero-order chi connectivity index (χ0) is 6.91. The molecule has 9 heavy (non-hydrogen) atoms.